The van der Waals surface area contributed by atoms with E-state index in [0.717, 1.165) is 5.56 Å². The van der Waals surface area contributed by atoms with Crippen LogP contribution in [0.1, 0.15) is 12.0 Å². The number of esters is 2. The number of rotatable bonds is 8. The minimum absolute atomic E-state index is 0.233. The summed E-state index contributed by atoms with van der Waals surface area (Å²) in [5.41, 5.74) is 0.925. The number of amides is 1. The van der Waals surface area contributed by atoms with Gasteiger partial charge in [-0.1, -0.05) is 30.3 Å². The second kappa shape index (κ2) is 9.51. The maximum atomic E-state index is 11.7. The van der Waals surface area contributed by atoms with E-state index in [2.05, 4.69) is 14.8 Å². The third-order valence-electron chi connectivity index (χ3n) is 2.76. The molecule has 0 aliphatic rings. The number of methoxy groups -OCH3 is 2. The molecule has 7 heteroatoms. The summed E-state index contributed by atoms with van der Waals surface area (Å²) >= 11 is 0. The van der Waals surface area contributed by atoms with E-state index < -0.39 is 23.9 Å². The van der Waals surface area contributed by atoms with Crippen LogP contribution in [0.4, 0.5) is 0 Å². The molecule has 1 amide bonds. The van der Waals surface area contributed by atoms with E-state index >= 15 is 0 Å². The summed E-state index contributed by atoms with van der Waals surface area (Å²) in [7, 11) is 2.37. The van der Waals surface area contributed by atoms with Crippen LogP contribution in [0.3, 0.4) is 0 Å². The van der Waals surface area contributed by atoms with Gasteiger partial charge in [0.2, 0.25) is 5.91 Å². The SMILES string of the molecule is COC(=O)C[C@@H](NC(=O)COCc1ccccc1)C(=O)OC. The zero-order valence-electron chi connectivity index (χ0n) is 12.5. The Bertz CT molecular complexity index is 502. The Morgan fingerprint density at radius 2 is 1.77 bits per heavy atom. The fraction of sp³-hybridized carbons (Fsp3) is 0.400. The van der Waals surface area contributed by atoms with E-state index in [1.807, 2.05) is 30.3 Å². The van der Waals surface area contributed by atoms with Gasteiger partial charge in [0, 0.05) is 0 Å². The first-order valence-corrected chi connectivity index (χ1v) is 6.62. The molecule has 0 fully saturated rings. The minimum atomic E-state index is -1.09. The van der Waals surface area contributed by atoms with E-state index in [0.29, 0.717) is 0 Å². The smallest absolute Gasteiger partial charge is 0.328 e. The Labute approximate surface area is 128 Å². The molecule has 22 heavy (non-hydrogen) atoms. The molecule has 1 aromatic carbocycles. The Hall–Kier alpha value is -2.41. The molecule has 0 spiro atoms. The normalized spacial score (nSPS) is 11.4. The summed E-state index contributed by atoms with van der Waals surface area (Å²) < 4.78 is 14.2. The van der Waals surface area contributed by atoms with Gasteiger partial charge in [0.05, 0.1) is 27.2 Å². The fourth-order valence-electron chi connectivity index (χ4n) is 1.66. The minimum Gasteiger partial charge on any atom is -0.469 e. The van der Waals surface area contributed by atoms with Crippen molar-refractivity contribution in [3.05, 3.63) is 35.9 Å². The molecule has 1 aromatic rings. The lowest BCUT2D eigenvalue weighted by atomic mass is 10.2. The van der Waals surface area contributed by atoms with Crippen molar-refractivity contribution in [2.75, 3.05) is 20.8 Å². The Morgan fingerprint density at radius 1 is 1.09 bits per heavy atom. The number of ether oxygens (including phenoxy) is 3. The largest absolute Gasteiger partial charge is 0.469 e. The van der Waals surface area contributed by atoms with Crippen LogP contribution in [0.2, 0.25) is 0 Å². The van der Waals surface area contributed by atoms with E-state index in [-0.39, 0.29) is 19.6 Å². The van der Waals surface area contributed by atoms with Crippen molar-refractivity contribution in [2.45, 2.75) is 19.1 Å². The van der Waals surface area contributed by atoms with E-state index in [1.165, 1.54) is 14.2 Å². The first kappa shape index (κ1) is 17.6. The number of hydrogen-bond donors (Lipinski definition) is 1. The van der Waals surface area contributed by atoms with Crippen molar-refractivity contribution >= 4 is 17.8 Å². The van der Waals surface area contributed by atoms with Gasteiger partial charge in [-0.3, -0.25) is 9.59 Å². The third kappa shape index (κ3) is 6.36. The van der Waals surface area contributed by atoms with Crippen molar-refractivity contribution < 1.29 is 28.6 Å². The van der Waals surface area contributed by atoms with Gasteiger partial charge in [0.15, 0.2) is 0 Å². The quantitative estimate of drug-likeness (QED) is 0.700. The number of benzene rings is 1. The van der Waals surface area contributed by atoms with Gasteiger partial charge >= 0.3 is 11.9 Å². The molecular weight excluding hydrogens is 290 g/mol. The molecule has 0 saturated heterocycles. The fourth-order valence-corrected chi connectivity index (χ4v) is 1.66. The Balaban J connectivity index is 2.42. The molecule has 1 N–H and O–H groups in total. The van der Waals surface area contributed by atoms with Crippen LogP contribution in [0.5, 0.6) is 0 Å². The van der Waals surface area contributed by atoms with Crippen LogP contribution in [0, 0.1) is 0 Å². The summed E-state index contributed by atoms with van der Waals surface area (Å²) in [6.45, 7) is 0.0394. The number of nitrogens with one attached hydrogen (secondary N) is 1. The van der Waals surface area contributed by atoms with Gasteiger partial charge < -0.3 is 19.5 Å². The van der Waals surface area contributed by atoms with Gasteiger partial charge in [-0.25, -0.2) is 4.79 Å². The van der Waals surface area contributed by atoms with Gasteiger partial charge in [0.25, 0.3) is 0 Å². The van der Waals surface area contributed by atoms with Gasteiger partial charge in [-0.05, 0) is 5.56 Å². The molecule has 1 atom stereocenters. The highest BCUT2D eigenvalue weighted by atomic mass is 16.5. The number of carbonyl (C=O) groups excluding carboxylic acids is 3. The van der Waals surface area contributed by atoms with Crippen molar-refractivity contribution in [3.8, 4) is 0 Å². The maximum absolute atomic E-state index is 11.7. The van der Waals surface area contributed by atoms with Crippen molar-refractivity contribution in [1.29, 1.82) is 0 Å². The predicted octanol–water partition coefficient (Wildman–Crippen LogP) is 0.424. The first-order chi connectivity index (χ1) is 10.6. The number of carbonyl (C=O) groups is 3. The van der Waals surface area contributed by atoms with Crippen LogP contribution in [0.25, 0.3) is 0 Å². The topological polar surface area (TPSA) is 90.9 Å². The molecule has 0 bridgehead atoms. The molecule has 0 radical (unpaired) electrons. The molecule has 0 aliphatic carbocycles. The van der Waals surface area contributed by atoms with Gasteiger partial charge in [-0.2, -0.15) is 0 Å². The second-order valence-corrected chi connectivity index (χ2v) is 4.40. The summed E-state index contributed by atoms with van der Waals surface area (Å²) in [4.78, 5) is 34.5. The monoisotopic (exact) mass is 309 g/mol. The van der Waals surface area contributed by atoms with Crippen LogP contribution in [-0.2, 0) is 35.2 Å². The second-order valence-electron chi connectivity index (χ2n) is 4.40. The zero-order chi connectivity index (χ0) is 16.4. The van der Waals surface area contributed by atoms with Crippen molar-refractivity contribution in [3.63, 3.8) is 0 Å². The van der Waals surface area contributed by atoms with E-state index in [9.17, 15) is 14.4 Å². The molecule has 7 nitrogen and oxygen atoms in total. The van der Waals surface area contributed by atoms with Gasteiger partial charge in [0.1, 0.15) is 12.6 Å². The van der Waals surface area contributed by atoms with E-state index in [1.54, 1.807) is 0 Å². The Kier molecular flexibility index (Phi) is 7.63. The summed E-state index contributed by atoms with van der Waals surface area (Å²) in [5, 5.41) is 2.38. The molecule has 0 unspecified atom stereocenters. The first-order valence-electron chi connectivity index (χ1n) is 6.62. The zero-order valence-corrected chi connectivity index (χ0v) is 12.5. The molecule has 1 rings (SSSR count). The van der Waals surface area contributed by atoms with Crippen LogP contribution in [-0.4, -0.2) is 44.7 Å². The third-order valence-corrected chi connectivity index (χ3v) is 2.76. The van der Waals surface area contributed by atoms with E-state index in [4.69, 9.17) is 4.74 Å². The predicted molar refractivity (Wildman–Crippen MR) is 76.7 cm³/mol. The highest BCUT2D eigenvalue weighted by molar-refractivity contribution is 5.88. The van der Waals surface area contributed by atoms with Crippen LogP contribution >= 0.6 is 0 Å². The van der Waals surface area contributed by atoms with Crippen LogP contribution < -0.4 is 5.32 Å². The highest BCUT2D eigenvalue weighted by Crippen LogP contribution is 2.01. The van der Waals surface area contributed by atoms with Crippen molar-refractivity contribution in [2.24, 2.45) is 0 Å². The molecule has 120 valence electrons. The lowest BCUT2D eigenvalue weighted by Gasteiger charge is -2.15. The average molecular weight is 309 g/mol. The maximum Gasteiger partial charge on any atom is 0.328 e. The summed E-state index contributed by atoms with van der Waals surface area (Å²) in [6, 6.07) is 8.25. The summed E-state index contributed by atoms with van der Waals surface area (Å²) in [6.07, 6.45) is -0.298. The molecular formula is C15H19NO6. The average Bonchev–Trinajstić information content (AvgIpc) is 2.54. The molecule has 0 aliphatic heterocycles. The summed E-state index contributed by atoms with van der Waals surface area (Å²) in [5.74, 6) is -1.86. The molecule has 0 aromatic heterocycles. The van der Waals surface area contributed by atoms with Crippen LogP contribution in [0.15, 0.2) is 30.3 Å². The highest BCUT2D eigenvalue weighted by Gasteiger charge is 2.25. The van der Waals surface area contributed by atoms with Gasteiger partial charge in [-0.15, -0.1) is 0 Å². The molecule has 0 heterocycles. The van der Waals surface area contributed by atoms with Crippen molar-refractivity contribution in [1.82, 2.24) is 5.32 Å². The lowest BCUT2D eigenvalue weighted by Crippen LogP contribution is -2.44. The standard InChI is InChI=1S/C15H19NO6/c1-20-14(18)8-12(15(19)21-2)16-13(17)10-22-9-11-6-4-3-5-7-11/h3-7,12H,8-10H2,1-2H3,(H,16,17)/t12-/m1/s1. The lowest BCUT2D eigenvalue weighted by molar-refractivity contribution is -0.151. The Morgan fingerprint density at radius 3 is 2.36 bits per heavy atom. The molecule has 0 saturated carbocycles. The number of hydrogen-bond acceptors (Lipinski definition) is 6.